The highest BCUT2D eigenvalue weighted by Gasteiger charge is 2.21. The van der Waals surface area contributed by atoms with Crippen molar-refractivity contribution in [2.24, 2.45) is 0 Å². The summed E-state index contributed by atoms with van der Waals surface area (Å²) >= 11 is 7.20. The second-order valence-electron chi connectivity index (χ2n) is 5.32. The minimum Gasteiger partial charge on any atom is -0.381 e. The molecule has 1 unspecified atom stereocenters. The number of nitrogens with one attached hydrogen (secondary N) is 1. The summed E-state index contributed by atoms with van der Waals surface area (Å²) in [7, 11) is 1.75. The molecule has 0 spiro atoms. The fourth-order valence-corrected chi connectivity index (χ4v) is 3.60. The molecule has 1 N–H and O–H groups in total. The van der Waals surface area contributed by atoms with Crippen molar-refractivity contribution in [3.63, 3.8) is 0 Å². The van der Waals surface area contributed by atoms with E-state index in [1.165, 1.54) is 5.56 Å². The van der Waals surface area contributed by atoms with Crippen LogP contribution in [0.15, 0.2) is 21.1 Å². The van der Waals surface area contributed by atoms with Crippen molar-refractivity contribution in [2.75, 3.05) is 12.4 Å². The van der Waals surface area contributed by atoms with Crippen LogP contribution < -0.4 is 5.32 Å². The van der Waals surface area contributed by atoms with Crippen LogP contribution in [-0.4, -0.2) is 18.8 Å². The highest BCUT2D eigenvalue weighted by molar-refractivity contribution is 9.11. The van der Waals surface area contributed by atoms with Gasteiger partial charge in [0, 0.05) is 22.1 Å². The summed E-state index contributed by atoms with van der Waals surface area (Å²) in [4.78, 5) is 0. The van der Waals surface area contributed by atoms with Crippen LogP contribution >= 0.6 is 31.9 Å². The van der Waals surface area contributed by atoms with Crippen molar-refractivity contribution in [3.05, 3.63) is 26.6 Å². The minimum absolute atomic E-state index is 0.115. The smallest absolute Gasteiger partial charge is 0.0642 e. The third-order valence-electron chi connectivity index (χ3n) is 2.93. The molecule has 0 aromatic heterocycles. The first-order valence-corrected chi connectivity index (χ1v) is 7.61. The molecule has 0 aliphatic heterocycles. The lowest BCUT2D eigenvalue weighted by Crippen LogP contribution is -2.31. The Kier molecular flexibility index (Phi) is 5.68. The van der Waals surface area contributed by atoms with Gasteiger partial charge in [0.25, 0.3) is 0 Å². The average Bonchev–Trinajstić information content (AvgIpc) is 2.22. The molecule has 102 valence electrons. The van der Waals surface area contributed by atoms with Crippen molar-refractivity contribution < 1.29 is 4.74 Å². The van der Waals surface area contributed by atoms with Gasteiger partial charge in [-0.3, -0.25) is 0 Å². The van der Waals surface area contributed by atoms with Crippen LogP contribution in [0.5, 0.6) is 0 Å². The van der Waals surface area contributed by atoms with Crippen LogP contribution in [-0.2, 0) is 4.74 Å². The summed E-state index contributed by atoms with van der Waals surface area (Å²) < 4.78 is 7.62. The number of methoxy groups -OCH3 is 1. The molecular weight excluding hydrogens is 358 g/mol. The van der Waals surface area contributed by atoms with E-state index < -0.39 is 0 Å². The Labute approximate surface area is 127 Å². The SMILES string of the molecule is COC(C)(C)CC(C)Nc1c(Br)cc(C)cc1Br. The van der Waals surface area contributed by atoms with Gasteiger partial charge < -0.3 is 10.1 Å². The molecule has 0 aliphatic rings. The van der Waals surface area contributed by atoms with Gasteiger partial charge in [-0.2, -0.15) is 0 Å². The third-order valence-corrected chi connectivity index (χ3v) is 4.18. The van der Waals surface area contributed by atoms with E-state index in [0.29, 0.717) is 6.04 Å². The third kappa shape index (κ3) is 4.56. The first-order valence-electron chi connectivity index (χ1n) is 6.02. The second kappa shape index (κ2) is 6.40. The van der Waals surface area contributed by atoms with Crippen molar-refractivity contribution >= 4 is 37.5 Å². The lowest BCUT2D eigenvalue weighted by atomic mass is 9.99. The summed E-state index contributed by atoms with van der Waals surface area (Å²) in [5.74, 6) is 0. The number of halogens is 2. The average molecular weight is 379 g/mol. The maximum atomic E-state index is 5.46. The van der Waals surface area contributed by atoms with Gasteiger partial charge in [0.05, 0.1) is 11.3 Å². The fourth-order valence-electron chi connectivity index (χ4n) is 1.96. The highest BCUT2D eigenvalue weighted by atomic mass is 79.9. The lowest BCUT2D eigenvalue weighted by Gasteiger charge is -2.28. The molecule has 0 fully saturated rings. The van der Waals surface area contributed by atoms with Crippen molar-refractivity contribution in [2.45, 2.75) is 45.8 Å². The predicted octanol–water partition coefficient (Wildman–Crippen LogP) is 5.14. The van der Waals surface area contributed by atoms with Gasteiger partial charge in [0.1, 0.15) is 0 Å². The molecule has 0 aliphatic carbocycles. The van der Waals surface area contributed by atoms with E-state index in [4.69, 9.17) is 4.74 Å². The highest BCUT2D eigenvalue weighted by Crippen LogP contribution is 2.33. The fraction of sp³-hybridized carbons (Fsp3) is 0.571. The molecule has 0 heterocycles. The molecule has 0 bridgehead atoms. The van der Waals surface area contributed by atoms with Crippen molar-refractivity contribution in [1.29, 1.82) is 0 Å². The van der Waals surface area contributed by atoms with Crippen molar-refractivity contribution in [1.82, 2.24) is 0 Å². The maximum absolute atomic E-state index is 5.46. The van der Waals surface area contributed by atoms with E-state index in [1.807, 2.05) is 0 Å². The Balaban J connectivity index is 2.79. The summed E-state index contributed by atoms with van der Waals surface area (Å²) in [6, 6.07) is 4.55. The van der Waals surface area contributed by atoms with E-state index >= 15 is 0 Å². The Morgan fingerprint density at radius 1 is 1.28 bits per heavy atom. The van der Waals surface area contributed by atoms with Crippen LogP contribution in [0.2, 0.25) is 0 Å². The Morgan fingerprint density at radius 3 is 2.22 bits per heavy atom. The van der Waals surface area contributed by atoms with Gasteiger partial charge in [-0.1, -0.05) is 0 Å². The van der Waals surface area contributed by atoms with E-state index in [0.717, 1.165) is 21.1 Å². The van der Waals surface area contributed by atoms with Crippen LogP contribution in [0.4, 0.5) is 5.69 Å². The maximum Gasteiger partial charge on any atom is 0.0642 e. The summed E-state index contributed by atoms with van der Waals surface area (Å²) in [5, 5.41) is 3.52. The molecule has 0 amide bonds. The number of hydrogen-bond acceptors (Lipinski definition) is 2. The van der Waals surface area contributed by atoms with Gasteiger partial charge in [-0.15, -0.1) is 0 Å². The molecule has 4 heteroatoms. The number of hydrogen-bond donors (Lipinski definition) is 1. The zero-order valence-electron chi connectivity index (χ0n) is 11.6. The number of anilines is 1. The van der Waals surface area contributed by atoms with E-state index in [2.05, 4.69) is 77.0 Å². The zero-order chi connectivity index (χ0) is 13.9. The largest absolute Gasteiger partial charge is 0.381 e. The van der Waals surface area contributed by atoms with Gasteiger partial charge in [0.15, 0.2) is 0 Å². The first kappa shape index (κ1) is 16.0. The van der Waals surface area contributed by atoms with Crippen LogP contribution in [0.3, 0.4) is 0 Å². The van der Waals surface area contributed by atoms with E-state index in [-0.39, 0.29) is 5.60 Å². The van der Waals surface area contributed by atoms with E-state index in [9.17, 15) is 0 Å². The molecule has 2 nitrogen and oxygen atoms in total. The van der Waals surface area contributed by atoms with Gasteiger partial charge >= 0.3 is 0 Å². The monoisotopic (exact) mass is 377 g/mol. The molecular formula is C14H21Br2NO. The molecule has 1 rings (SSSR count). The Hall–Kier alpha value is -0.0600. The minimum atomic E-state index is -0.115. The predicted molar refractivity (Wildman–Crippen MR) is 85.4 cm³/mol. The van der Waals surface area contributed by atoms with E-state index in [1.54, 1.807) is 7.11 Å². The molecule has 1 aromatic carbocycles. The van der Waals surface area contributed by atoms with Crippen LogP contribution in [0.25, 0.3) is 0 Å². The van der Waals surface area contributed by atoms with Crippen LogP contribution in [0, 0.1) is 6.92 Å². The second-order valence-corrected chi connectivity index (χ2v) is 7.03. The normalized spacial score (nSPS) is 13.5. The molecule has 0 radical (unpaired) electrons. The molecule has 1 aromatic rings. The number of ether oxygens (including phenoxy) is 1. The molecule has 0 saturated heterocycles. The Morgan fingerprint density at radius 2 is 1.78 bits per heavy atom. The number of benzene rings is 1. The summed E-state index contributed by atoms with van der Waals surface area (Å²) in [6.45, 7) is 8.45. The van der Waals surface area contributed by atoms with Gasteiger partial charge in [-0.25, -0.2) is 0 Å². The Bertz CT molecular complexity index is 395. The summed E-state index contributed by atoms with van der Waals surface area (Å²) in [5.41, 5.74) is 2.21. The van der Waals surface area contributed by atoms with Gasteiger partial charge in [0.2, 0.25) is 0 Å². The summed E-state index contributed by atoms with van der Waals surface area (Å²) in [6.07, 6.45) is 0.941. The molecule has 0 saturated carbocycles. The van der Waals surface area contributed by atoms with Crippen LogP contribution in [0.1, 0.15) is 32.8 Å². The number of rotatable bonds is 5. The molecule has 1 atom stereocenters. The topological polar surface area (TPSA) is 21.3 Å². The number of aryl methyl sites for hydroxylation is 1. The molecule has 18 heavy (non-hydrogen) atoms. The van der Waals surface area contributed by atoms with Gasteiger partial charge in [-0.05, 0) is 83.7 Å². The first-order chi connectivity index (χ1) is 8.25. The zero-order valence-corrected chi connectivity index (χ0v) is 14.8. The standard InChI is InChI=1S/C14H21Br2NO/c1-9-6-11(15)13(12(16)7-9)17-10(2)8-14(3,4)18-5/h6-7,10,17H,8H2,1-5H3. The lowest BCUT2D eigenvalue weighted by molar-refractivity contribution is 0.0128. The quantitative estimate of drug-likeness (QED) is 0.766. The van der Waals surface area contributed by atoms with Crippen molar-refractivity contribution in [3.8, 4) is 0 Å².